The van der Waals surface area contributed by atoms with Gasteiger partial charge in [0.1, 0.15) is 5.78 Å². The average molecular weight is 267 g/mol. The van der Waals surface area contributed by atoms with Crippen molar-refractivity contribution in [2.75, 3.05) is 11.9 Å². The molecule has 3 rings (SSSR count). The van der Waals surface area contributed by atoms with Crippen molar-refractivity contribution >= 4 is 22.2 Å². The molecule has 1 saturated carbocycles. The summed E-state index contributed by atoms with van der Waals surface area (Å²) in [5, 5.41) is 2.58. The Morgan fingerprint density at radius 1 is 1.00 bits per heavy atom. The van der Waals surface area contributed by atoms with Crippen molar-refractivity contribution in [1.82, 2.24) is 0 Å². The molecule has 0 saturated heterocycles. The van der Waals surface area contributed by atoms with Gasteiger partial charge in [0.2, 0.25) is 0 Å². The zero-order valence-electron chi connectivity index (χ0n) is 12.2. The lowest BCUT2D eigenvalue weighted by molar-refractivity contribution is -0.120. The third-order valence-corrected chi connectivity index (χ3v) is 4.45. The van der Waals surface area contributed by atoms with E-state index in [-0.39, 0.29) is 0 Å². The molecule has 0 radical (unpaired) electrons. The maximum Gasteiger partial charge on any atom is 0.133 e. The highest BCUT2D eigenvalue weighted by molar-refractivity contribution is 5.86. The van der Waals surface area contributed by atoms with Gasteiger partial charge in [-0.2, -0.15) is 0 Å². The van der Waals surface area contributed by atoms with Crippen LogP contribution in [0.2, 0.25) is 0 Å². The lowest BCUT2D eigenvalue weighted by Gasteiger charge is -2.32. The SMILES string of the molecule is Cc1ccc2cc(N(C)C3CCC(=O)CC3)ccc2c1. The molecule has 1 aliphatic carbocycles. The van der Waals surface area contributed by atoms with E-state index >= 15 is 0 Å². The van der Waals surface area contributed by atoms with E-state index < -0.39 is 0 Å². The molecule has 1 fully saturated rings. The topological polar surface area (TPSA) is 20.3 Å². The lowest BCUT2D eigenvalue weighted by atomic mass is 9.93. The number of rotatable bonds is 2. The Bertz CT molecular complexity index is 637. The van der Waals surface area contributed by atoms with Crippen LogP contribution in [0.15, 0.2) is 36.4 Å². The van der Waals surface area contributed by atoms with Gasteiger partial charge in [-0.1, -0.05) is 29.8 Å². The number of hydrogen-bond donors (Lipinski definition) is 0. The third kappa shape index (κ3) is 2.55. The standard InChI is InChI=1S/C18H21NO/c1-13-3-4-15-12-17(6-5-14(15)11-13)19(2)16-7-9-18(20)10-8-16/h3-6,11-12,16H,7-10H2,1-2H3. The van der Waals surface area contributed by atoms with Crippen LogP contribution in [0.25, 0.3) is 10.8 Å². The molecule has 0 amide bonds. The van der Waals surface area contributed by atoms with Crippen molar-refractivity contribution < 1.29 is 4.79 Å². The molecule has 2 nitrogen and oxygen atoms in total. The number of carbonyl (C=O) groups is 1. The van der Waals surface area contributed by atoms with Gasteiger partial charge in [0.05, 0.1) is 0 Å². The second-order valence-corrected chi connectivity index (χ2v) is 5.92. The first-order valence-corrected chi connectivity index (χ1v) is 7.38. The van der Waals surface area contributed by atoms with Gasteiger partial charge in [0.25, 0.3) is 0 Å². The van der Waals surface area contributed by atoms with Crippen molar-refractivity contribution in [3.63, 3.8) is 0 Å². The fourth-order valence-corrected chi connectivity index (χ4v) is 3.09. The predicted molar refractivity (Wildman–Crippen MR) is 84.4 cm³/mol. The van der Waals surface area contributed by atoms with Crippen LogP contribution in [-0.4, -0.2) is 18.9 Å². The van der Waals surface area contributed by atoms with Crippen molar-refractivity contribution in [3.05, 3.63) is 42.0 Å². The van der Waals surface area contributed by atoms with Gasteiger partial charge in [-0.25, -0.2) is 0 Å². The van der Waals surface area contributed by atoms with Crippen LogP contribution < -0.4 is 4.90 Å². The smallest absolute Gasteiger partial charge is 0.133 e. The van der Waals surface area contributed by atoms with Crippen molar-refractivity contribution in [2.24, 2.45) is 0 Å². The van der Waals surface area contributed by atoms with Crippen LogP contribution in [0.5, 0.6) is 0 Å². The fourth-order valence-electron chi connectivity index (χ4n) is 3.09. The summed E-state index contributed by atoms with van der Waals surface area (Å²) in [6, 6.07) is 13.7. The van der Waals surface area contributed by atoms with Gasteiger partial charge in [0.15, 0.2) is 0 Å². The van der Waals surface area contributed by atoms with Crippen LogP contribution in [0.3, 0.4) is 0 Å². The van der Waals surface area contributed by atoms with Crippen LogP contribution >= 0.6 is 0 Å². The van der Waals surface area contributed by atoms with Gasteiger partial charge in [-0.05, 0) is 42.7 Å². The third-order valence-electron chi connectivity index (χ3n) is 4.45. The van der Waals surface area contributed by atoms with Crippen molar-refractivity contribution in [1.29, 1.82) is 0 Å². The number of nitrogens with zero attached hydrogens (tertiary/aromatic N) is 1. The number of carbonyl (C=O) groups excluding carboxylic acids is 1. The molecule has 20 heavy (non-hydrogen) atoms. The Kier molecular flexibility index (Phi) is 3.47. The Morgan fingerprint density at radius 3 is 2.40 bits per heavy atom. The van der Waals surface area contributed by atoms with Gasteiger partial charge in [-0.3, -0.25) is 4.79 Å². The number of Topliss-reactive ketones (excluding diaryl/α,β-unsaturated/α-hetero) is 1. The first kappa shape index (κ1) is 13.2. The van der Waals surface area contributed by atoms with Gasteiger partial charge < -0.3 is 4.90 Å². The summed E-state index contributed by atoms with van der Waals surface area (Å²) >= 11 is 0. The summed E-state index contributed by atoms with van der Waals surface area (Å²) in [5.41, 5.74) is 2.55. The van der Waals surface area contributed by atoms with E-state index in [1.807, 2.05) is 0 Å². The average Bonchev–Trinajstić information content (AvgIpc) is 2.47. The normalized spacial score (nSPS) is 16.6. The summed E-state index contributed by atoms with van der Waals surface area (Å²) in [7, 11) is 2.15. The van der Waals surface area contributed by atoms with E-state index in [0.29, 0.717) is 11.8 Å². The van der Waals surface area contributed by atoms with Gasteiger partial charge >= 0.3 is 0 Å². The zero-order chi connectivity index (χ0) is 14.1. The van der Waals surface area contributed by atoms with E-state index in [1.54, 1.807) is 0 Å². The Labute approximate surface area is 120 Å². The van der Waals surface area contributed by atoms with Crippen LogP contribution in [0, 0.1) is 6.92 Å². The lowest BCUT2D eigenvalue weighted by Crippen LogP contribution is -2.35. The minimum absolute atomic E-state index is 0.420. The quantitative estimate of drug-likeness (QED) is 0.816. The van der Waals surface area contributed by atoms with Crippen molar-refractivity contribution in [2.45, 2.75) is 38.6 Å². The molecule has 0 bridgehead atoms. The van der Waals surface area contributed by atoms with Crippen molar-refractivity contribution in [3.8, 4) is 0 Å². The molecule has 0 N–H and O–H groups in total. The summed E-state index contributed by atoms with van der Waals surface area (Å²) in [6.45, 7) is 2.12. The van der Waals surface area contributed by atoms with E-state index in [4.69, 9.17) is 0 Å². The molecular formula is C18H21NO. The minimum atomic E-state index is 0.420. The number of ketones is 1. The Balaban J connectivity index is 1.86. The molecular weight excluding hydrogens is 246 g/mol. The summed E-state index contributed by atoms with van der Waals surface area (Å²) in [5.74, 6) is 0.420. The first-order chi connectivity index (χ1) is 9.63. The summed E-state index contributed by atoms with van der Waals surface area (Å²) < 4.78 is 0. The number of anilines is 1. The highest BCUT2D eigenvalue weighted by Crippen LogP contribution is 2.27. The highest BCUT2D eigenvalue weighted by Gasteiger charge is 2.22. The number of aryl methyl sites for hydroxylation is 1. The largest absolute Gasteiger partial charge is 0.372 e. The Hall–Kier alpha value is -1.83. The minimum Gasteiger partial charge on any atom is -0.372 e. The molecule has 0 heterocycles. The Morgan fingerprint density at radius 2 is 1.65 bits per heavy atom. The number of fused-ring (bicyclic) bond motifs is 1. The second kappa shape index (κ2) is 5.28. The van der Waals surface area contributed by atoms with E-state index in [1.165, 1.54) is 22.0 Å². The summed E-state index contributed by atoms with van der Waals surface area (Å²) in [6.07, 6.45) is 3.45. The maximum atomic E-state index is 11.4. The molecule has 0 spiro atoms. The number of hydrogen-bond acceptors (Lipinski definition) is 2. The predicted octanol–water partition coefficient (Wildman–Crippen LogP) is 4.10. The van der Waals surface area contributed by atoms with Crippen LogP contribution in [-0.2, 0) is 4.79 Å². The number of benzene rings is 2. The molecule has 2 heteroatoms. The highest BCUT2D eigenvalue weighted by atomic mass is 16.1. The monoisotopic (exact) mass is 267 g/mol. The molecule has 104 valence electrons. The molecule has 2 aromatic carbocycles. The van der Waals surface area contributed by atoms with E-state index in [2.05, 4.69) is 55.3 Å². The van der Waals surface area contributed by atoms with Crippen LogP contribution in [0.1, 0.15) is 31.2 Å². The van der Waals surface area contributed by atoms with E-state index in [0.717, 1.165) is 25.7 Å². The maximum absolute atomic E-state index is 11.4. The molecule has 0 atom stereocenters. The second-order valence-electron chi connectivity index (χ2n) is 5.92. The zero-order valence-corrected chi connectivity index (χ0v) is 12.2. The van der Waals surface area contributed by atoms with E-state index in [9.17, 15) is 4.79 Å². The van der Waals surface area contributed by atoms with Gasteiger partial charge in [0, 0.05) is 31.6 Å². The first-order valence-electron chi connectivity index (χ1n) is 7.38. The fraction of sp³-hybridized carbons (Fsp3) is 0.389. The molecule has 0 unspecified atom stereocenters. The van der Waals surface area contributed by atoms with Gasteiger partial charge in [-0.15, -0.1) is 0 Å². The molecule has 1 aliphatic rings. The molecule has 0 aromatic heterocycles. The van der Waals surface area contributed by atoms with Crippen LogP contribution in [0.4, 0.5) is 5.69 Å². The molecule has 2 aromatic rings. The molecule has 0 aliphatic heterocycles. The summed E-state index contributed by atoms with van der Waals surface area (Å²) in [4.78, 5) is 13.7.